The highest BCUT2D eigenvalue weighted by molar-refractivity contribution is 5.96. The van der Waals surface area contributed by atoms with E-state index in [2.05, 4.69) is 76.2 Å². The van der Waals surface area contributed by atoms with Crippen molar-refractivity contribution in [2.24, 2.45) is 5.41 Å². The van der Waals surface area contributed by atoms with Crippen LogP contribution in [0.1, 0.15) is 60.1 Å². The summed E-state index contributed by atoms with van der Waals surface area (Å²) >= 11 is 0. The maximum atomic E-state index is 10.7. The van der Waals surface area contributed by atoms with Crippen LogP contribution in [0.3, 0.4) is 0 Å². The van der Waals surface area contributed by atoms with Crippen LogP contribution in [0, 0.1) is 41.9 Å². The summed E-state index contributed by atoms with van der Waals surface area (Å²) in [7, 11) is 0. The molecule has 2 aromatic rings. The predicted octanol–water partition coefficient (Wildman–Crippen LogP) is 6.48. The fourth-order valence-electron chi connectivity index (χ4n) is 5.34. The van der Waals surface area contributed by atoms with E-state index in [1.165, 1.54) is 44.5 Å². The zero-order valence-corrected chi connectivity index (χ0v) is 17.7. The minimum Gasteiger partial charge on any atom is -0.198 e. The second-order valence-electron chi connectivity index (χ2n) is 8.66. The number of aryl methyl sites for hydroxylation is 2. The van der Waals surface area contributed by atoms with E-state index in [0.29, 0.717) is 12.8 Å². The van der Waals surface area contributed by atoms with Crippen LogP contribution in [0.5, 0.6) is 0 Å². The Morgan fingerprint density at radius 2 is 1.28 bits per heavy atom. The molecule has 0 spiro atoms. The summed E-state index contributed by atoms with van der Waals surface area (Å²) in [4.78, 5) is 0. The lowest BCUT2D eigenvalue weighted by Gasteiger charge is -2.33. The van der Waals surface area contributed by atoms with E-state index in [1.54, 1.807) is 0 Å². The quantitative estimate of drug-likeness (QED) is 0.611. The summed E-state index contributed by atoms with van der Waals surface area (Å²) < 4.78 is 0. The van der Waals surface area contributed by atoms with Gasteiger partial charge in [0.1, 0.15) is 5.41 Å². The molecule has 0 fully saturated rings. The van der Waals surface area contributed by atoms with Crippen LogP contribution in [0.2, 0.25) is 0 Å². The highest BCUT2D eigenvalue weighted by Gasteiger charge is 2.45. The van der Waals surface area contributed by atoms with E-state index in [0.717, 1.165) is 24.0 Å². The average molecular weight is 379 g/mol. The molecule has 0 heterocycles. The van der Waals surface area contributed by atoms with Gasteiger partial charge < -0.3 is 0 Å². The monoisotopic (exact) mass is 378 g/mol. The summed E-state index contributed by atoms with van der Waals surface area (Å²) in [5.74, 6) is 0. The number of hydrogen-bond acceptors (Lipinski definition) is 2. The van der Waals surface area contributed by atoms with Crippen LogP contribution in [0.25, 0.3) is 11.1 Å². The second kappa shape index (κ2) is 7.06. The lowest BCUT2D eigenvalue weighted by molar-refractivity contribution is 0.623. The number of benzene rings is 2. The van der Waals surface area contributed by atoms with Crippen LogP contribution in [-0.2, 0) is 12.8 Å². The fourth-order valence-corrected chi connectivity index (χ4v) is 5.34. The van der Waals surface area contributed by atoms with Crippen molar-refractivity contribution in [2.45, 2.75) is 53.4 Å². The SMILES string of the molecule is CC1=C(C(C#N)(CCC#N)C2=C(C)Cc3ccc(C)cc32)c2cc(C)ccc2C1. The number of rotatable bonds is 4. The molecule has 2 aliphatic rings. The minimum atomic E-state index is -0.790. The molecule has 4 rings (SSSR count). The lowest BCUT2D eigenvalue weighted by Crippen LogP contribution is -2.23. The first-order valence-electron chi connectivity index (χ1n) is 10.3. The van der Waals surface area contributed by atoms with Gasteiger partial charge in [0.2, 0.25) is 0 Å². The van der Waals surface area contributed by atoms with E-state index < -0.39 is 5.41 Å². The summed E-state index contributed by atoms with van der Waals surface area (Å²) in [6.07, 6.45) is 2.66. The maximum absolute atomic E-state index is 10.7. The molecule has 0 saturated carbocycles. The largest absolute Gasteiger partial charge is 0.198 e. The zero-order chi connectivity index (χ0) is 20.8. The summed E-state index contributed by atoms with van der Waals surface area (Å²) in [5, 5.41) is 20.2. The first-order valence-corrected chi connectivity index (χ1v) is 10.3. The van der Waals surface area contributed by atoms with Crippen LogP contribution < -0.4 is 0 Å². The van der Waals surface area contributed by atoms with Crippen LogP contribution >= 0.6 is 0 Å². The van der Waals surface area contributed by atoms with Gasteiger partial charge in [0.15, 0.2) is 0 Å². The molecule has 2 aliphatic carbocycles. The Hall–Kier alpha value is -3.10. The van der Waals surface area contributed by atoms with Crippen molar-refractivity contribution in [3.8, 4) is 12.1 Å². The van der Waals surface area contributed by atoms with Crippen molar-refractivity contribution in [3.63, 3.8) is 0 Å². The normalized spacial score (nSPS) is 15.2. The Balaban J connectivity index is 2.01. The van der Waals surface area contributed by atoms with Gasteiger partial charge in [-0.05, 0) is 80.4 Å². The molecule has 2 nitrogen and oxygen atoms in total. The van der Waals surface area contributed by atoms with E-state index >= 15 is 0 Å². The molecule has 0 atom stereocenters. The van der Waals surface area contributed by atoms with Gasteiger partial charge in [0, 0.05) is 6.42 Å². The van der Waals surface area contributed by atoms with Crippen LogP contribution in [0.4, 0.5) is 0 Å². The summed E-state index contributed by atoms with van der Waals surface area (Å²) in [6.45, 7) is 8.53. The van der Waals surface area contributed by atoms with Gasteiger partial charge in [-0.3, -0.25) is 0 Å². The molecular formula is C27H26N2. The number of nitrogens with zero attached hydrogens (tertiary/aromatic N) is 2. The van der Waals surface area contributed by atoms with Crippen molar-refractivity contribution in [3.05, 3.63) is 80.9 Å². The molecule has 0 unspecified atom stereocenters. The van der Waals surface area contributed by atoms with Crippen LogP contribution in [0.15, 0.2) is 47.5 Å². The third-order valence-electron chi connectivity index (χ3n) is 6.49. The van der Waals surface area contributed by atoms with Crippen molar-refractivity contribution in [1.82, 2.24) is 0 Å². The Kier molecular flexibility index (Phi) is 4.68. The molecule has 2 heteroatoms. The molecule has 2 aromatic carbocycles. The molecule has 144 valence electrons. The first-order chi connectivity index (χ1) is 13.9. The molecular weight excluding hydrogens is 352 g/mol. The third-order valence-corrected chi connectivity index (χ3v) is 6.49. The molecule has 0 radical (unpaired) electrons. The van der Waals surface area contributed by atoms with Gasteiger partial charge >= 0.3 is 0 Å². The number of nitriles is 2. The lowest BCUT2D eigenvalue weighted by atomic mass is 9.66. The minimum absolute atomic E-state index is 0.365. The zero-order valence-electron chi connectivity index (χ0n) is 17.7. The van der Waals surface area contributed by atoms with E-state index in [4.69, 9.17) is 0 Å². The Labute approximate surface area is 173 Å². The number of allylic oxidation sites excluding steroid dienone is 4. The van der Waals surface area contributed by atoms with Crippen molar-refractivity contribution < 1.29 is 0 Å². The number of fused-ring (bicyclic) bond motifs is 2. The van der Waals surface area contributed by atoms with Crippen LogP contribution in [-0.4, -0.2) is 0 Å². The Bertz CT molecular complexity index is 1090. The summed E-state index contributed by atoms with van der Waals surface area (Å²) in [6, 6.07) is 18.2. The van der Waals surface area contributed by atoms with Gasteiger partial charge in [0.25, 0.3) is 0 Å². The highest BCUT2D eigenvalue weighted by atomic mass is 14.5. The Morgan fingerprint density at radius 3 is 1.69 bits per heavy atom. The van der Waals surface area contributed by atoms with E-state index in [-0.39, 0.29) is 0 Å². The molecule has 0 aliphatic heterocycles. The van der Waals surface area contributed by atoms with Crippen molar-refractivity contribution in [2.75, 3.05) is 0 Å². The smallest absolute Gasteiger partial charge is 0.109 e. The van der Waals surface area contributed by atoms with Crippen molar-refractivity contribution >= 4 is 11.1 Å². The highest BCUT2D eigenvalue weighted by Crippen LogP contribution is 2.57. The predicted molar refractivity (Wildman–Crippen MR) is 118 cm³/mol. The second-order valence-corrected chi connectivity index (χ2v) is 8.66. The fraction of sp³-hybridized carbons (Fsp3) is 0.333. The molecule has 0 saturated heterocycles. The summed E-state index contributed by atoms with van der Waals surface area (Å²) in [5.41, 5.74) is 11.4. The van der Waals surface area contributed by atoms with Gasteiger partial charge in [-0.25, -0.2) is 0 Å². The molecule has 0 N–H and O–H groups in total. The maximum Gasteiger partial charge on any atom is 0.109 e. The number of hydrogen-bond donors (Lipinski definition) is 0. The van der Waals surface area contributed by atoms with Crippen molar-refractivity contribution in [1.29, 1.82) is 10.5 Å². The third kappa shape index (κ3) is 2.92. The standard InChI is InChI=1S/C27H26N2/c1-17-6-8-21-14-19(3)25(23(21)12-17)27(16-29,10-5-11-28)26-20(4)15-22-9-7-18(2)13-24(22)26/h6-9,12-13H,5,10,14-15H2,1-4H3. The molecule has 0 amide bonds. The van der Waals surface area contributed by atoms with Gasteiger partial charge in [-0.15, -0.1) is 0 Å². The van der Waals surface area contributed by atoms with E-state index in [9.17, 15) is 10.5 Å². The first kappa shape index (κ1) is 19.2. The van der Waals surface area contributed by atoms with Gasteiger partial charge in [0.05, 0.1) is 12.1 Å². The molecule has 0 bridgehead atoms. The molecule has 0 aromatic heterocycles. The Morgan fingerprint density at radius 1 is 0.793 bits per heavy atom. The average Bonchev–Trinajstić information content (AvgIpc) is 3.19. The topological polar surface area (TPSA) is 47.6 Å². The van der Waals surface area contributed by atoms with Gasteiger partial charge in [-0.2, -0.15) is 10.5 Å². The molecule has 29 heavy (non-hydrogen) atoms. The van der Waals surface area contributed by atoms with Gasteiger partial charge in [-0.1, -0.05) is 58.7 Å². The van der Waals surface area contributed by atoms with E-state index in [1.807, 2.05) is 0 Å².